The van der Waals surface area contributed by atoms with Gasteiger partial charge in [-0.25, -0.2) is 9.67 Å². The van der Waals surface area contributed by atoms with E-state index in [9.17, 15) is 4.79 Å². The molecule has 23 heavy (non-hydrogen) atoms. The molecule has 6 nitrogen and oxygen atoms in total. The fourth-order valence-electron chi connectivity index (χ4n) is 2.52. The minimum absolute atomic E-state index is 0.155. The van der Waals surface area contributed by atoms with Gasteiger partial charge in [0.15, 0.2) is 0 Å². The number of hydrogen-bond donors (Lipinski definition) is 0. The first kappa shape index (κ1) is 13.4. The van der Waals surface area contributed by atoms with Gasteiger partial charge in [-0.3, -0.25) is 9.36 Å². The van der Waals surface area contributed by atoms with Crippen molar-refractivity contribution in [3.05, 3.63) is 83.0 Å². The molecule has 0 aliphatic heterocycles. The second kappa shape index (κ2) is 5.49. The molecule has 0 amide bonds. The first-order chi connectivity index (χ1) is 11.3. The standard InChI is InChI=1S/C17H13N5O/c23-17-10-18-15-8-4-5-9-16(15)21(17)11-13-12-22(20-19-13)14-6-2-1-3-7-14/h1-10,12H,11H2. The van der Waals surface area contributed by atoms with Crippen molar-refractivity contribution in [2.45, 2.75) is 6.54 Å². The van der Waals surface area contributed by atoms with E-state index in [-0.39, 0.29) is 5.56 Å². The summed E-state index contributed by atoms with van der Waals surface area (Å²) in [7, 11) is 0. The molecule has 0 aliphatic carbocycles. The maximum Gasteiger partial charge on any atom is 0.269 e. The molecule has 0 saturated carbocycles. The number of rotatable bonds is 3. The molecular formula is C17H13N5O. The molecule has 0 radical (unpaired) electrons. The van der Waals surface area contributed by atoms with Crippen LogP contribution in [0.5, 0.6) is 0 Å². The zero-order valence-electron chi connectivity index (χ0n) is 12.2. The topological polar surface area (TPSA) is 65.6 Å². The second-order valence-corrected chi connectivity index (χ2v) is 5.16. The number of fused-ring (bicyclic) bond motifs is 1. The number of hydrogen-bond acceptors (Lipinski definition) is 4. The molecule has 0 atom stereocenters. The van der Waals surface area contributed by atoms with Crippen molar-refractivity contribution in [3.63, 3.8) is 0 Å². The van der Waals surface area contributed by atoms with Gasteiger partial charge in [0, 0.05) is 0 Å². The first-order valence-electron chi connectivity index (χ1n) is 7.22. The Hall–Kier alpha value is -3.28. The molecule has 4 rings (SSSR count). The summed E-state index contributed by atoms with van der Waals surface area (Å²) >= 11 is 0. The highest BCUT2D eigenvalue weighted by atomic mass is 16.1. The summed E-state index contributed by atoms with van der Waals surface area (Å²) in [5.41, 5.74) is 3.06. The van der Waals surface area contributed by atoms with Gasteiger partial charge in [0.1, 0.15) is 5.69 Å². The van der Waals surface area contributed by atoms with E-state index in [0.29, 0.717) is 12.2 Å². The lowest BCUT2D eigenvalue weighted by Gasteiger charge is -2.07. The Morgan fingerprint density at radius 3 is 2.61 bits per heavy atom. The van der Waals surface area contributed by atoms with E-state index in [0.717, 1.165) is 16.7 Å². The first-order valence-corrected chi connectivity index (χ1v) is 7.22. The summed E-state index contributed by atoms with van der Waals surface area (Å²) in [6.07, 6.45) is 3.17. The lowest BCUT2D eigenvalue weighted by Crippen LogP contribution is -2.21. The van der Waals surface area contributed by atoms with Crippen LogP contribution in [0.2, 0.25) is 0 Å². The van der Waals surface area contributed by atoms with E-state index in [1.807, 2.05) is 60.8 Å². The van der Waals surface area contributed by atoms with Crippen LogP contribution in [-0.4, -0.2) is 24.5 Å². The van der Waals surface area contributed by atoms with Crippen LogP contribution >= 0.6 is 0 Å². The van der Waals surface area contributed by atoms with E-state index in [4.69, 9.17) is 0 Å². The summed E-state index contributed by atoms with van der Waals surface area (Å²) in [4.78, 5) is 16.3. The van der Waals surface area contributed by atoms with Crippen molar-refractivity contribution < 1.29 is 0 Å². The van der Waals surface area contributed by atoms with Gasteiger partial charge in [-0.15, -0.1) is 5.10 Å². The molecule has 4 aromatic rings. The third-order valence-corrected chi connectivity index (χ3v) is 3.63. The second-order valence-electron chi connectivity index (χ2n) is 5.16. The van der Waals surface area contributed by atoms with Gasteiger partial charge in [-0.1, -0.05) is 35.5 Å². The van der Waals surface area contributed by atoms with E-state index in [1.165, 1.54) is 6.20 Å². The van der Waals surface area contributed by atoms with Gasteiger partial charge in [-0.05, 0) is 24.3 Å². The highest BCUT2D eigenvalue weighted by molar-refractivity contribution is 5.74. The van der Waals surface area contributed by atoms with Crippen LogP contribution in [-0.2, 0) is 6.54 Å². The van der Waals surface area contributed by atoms with E-state index in [2.05, 4.69) is 15.3 Å². The van der Waals surface area contributed by atoms with Crippen molar-refractivity contribution in [3.8, 4) is 5.69 Å². The van der Waals surface area contributed by atoms with Crippen LogP contribution in [0.1, 0.15) is 5.69 Å². The average molecular weight is 303 g/mol. The monoisotopic (exact) mass is 303 g/mol. The van der Waals surface area contributed by atoms with Crippen LogP contribution < -0.4 is 5.56 Å². The van der Waals surface area contributed by atoms with Gasteiger partial charge >= 0.3 is 0 Å². The molecule has 0 bridgehead atoms. The van der Waals surface area contributed by atoms with Gasteiger partial charge in [0.25, 0.3) is 5.56 Å². The van der Waals surface area contributed by atoms with E-state index in [1.54, 1.807) is 9.25 Å². The largest absolute Gasteiger partial charge is 0.299 e. The molecule has 2 aromatic heterocycles. The van der Waals surface area contributed by atoms with Crippen molar-refractivity contribution >= 4 is 11.0 Å². The molecule has 0 saturated heterocycles. The fourth-order valence-corrected chi connectivity index (χ4v) is 2.52. The minimum atomic E-state index is -0.155. The number of benzene rings is 2. The highest BCUT2D eigenvalue weighted by Crippen LogP contribution is 2.11. The predicted octanol–water partition coefficient (Wildman–Crippen LogP) is 2.03. The lowest BCUT2D eigenvalue weighted by molar-refractivity contribution is 0.750. The zero-order chi connectivity index (χ0) is 15.6. The Balaban J connectivity index is 1.73. The van der Waals surface area contributed by atoms with Gasteiger partial charge in [0.05, 0.1) is 35.7 Å². The molecule has 6 heteroatoms. The quantitative estimate of drug-likeness (QED) is 0.581. The number of para-hydroxylation sites is 3. The lowest BCUT2D eigenvalue weighted by atomic mass is 10.3. The van der Waals surface area contributed by atoms with Crippen molar-refractivity contribution in [1.29, 1.82) is 0 Å². The molecule has 0 aliphatic rings. The molecule has 2 aromatic carbocycles. The maximum atomic E-state index is 12.2. The van der Waals surface area contributed by atoms with Gasteiger partial charge < -0.3 is 0 Å². The van der Waals surface area contributed by atoms with Crippen molar-refractivity contribution in [2.24, 2.45) is 0 Å². The Morgan fingerprint density at radius 2 is 1.74 bits per heavy atom. The molecule has 0 unspecified atom stereocenters. The predicted molar refractivity (Wildman–Crippen MR) is 86.5 cm³/mol. The normalized spacial score (nSPS) is 11.0. The summed E-state index contributed by atoms with van der Waals surface area (Å²) in [6.45, 7) is 0.356. The number of nitrogens with zero attached hydrogens (tertiary/aromatic N) is 5. The number of aromatic nitrogens is 5. The molecule has 0 spiro atoms. The third-order valence-electron chi connectivity index (χ3n) is 3.63. The van der Waals surface area contributed by atoms with Crippen molar-refractivity contribution in [1.82, 2.24) is 24.5 Å². The zero-order valence-corrected chi connectivity index (χ0v) is 12.2. The SMILES string of the molecule is O=c1cnc2ccccc2n1Cc1cn(-c2ccccc2)nn1. The van der Waals surface area contributed by atoms with E-state index >= 15 is 0 Å². The Bertz CT molecular complexity index is 1020. The summed E-state index contributed by atoms with van der Waals surface area (Å²) in [6, 6.07) is 17.3. The molecule has 2 heterocycles. The summed E-state index contributed by atoms with van der Waals surface area (Å²) < 4.78 is 3.35. The van der Waals surface area contributed by atoms with Gasteiger partial charge in [0.2, 0.25) is 0 Å². The summed E-state index contributed by atoms with van der Waals surface area (Å²) in [5.74, 6) is 0. The molecular weight excluding hydrogens is 290 g/mol. The van der Waals surface area contributed by atoms with Gasteiger partial charge in [-0.2, -0.15) is 0 Å². The Labute approximate surface area is 131 Å². The van der Waals surface area contributed by atoms with Crippen LogP contribution in [0.3, 0.4) is 0 Å². The third kappa shape index (κ3) is 2.50. The van der Waals surface area contributed by atoms with Crippen LogP contribution in [0.4, 0.5) is 0 Å². The molecule has 0 N–H and O–H groups in total. The fraction of sp³-hybridized carbons (Fsp3) is 0.0588. The Kier molecular flexibility index (Phi) is 3.20. The average Bonchev–Trinajstić information content (AvgIpc) is 3.07. The van der Waals surface area contributed by atoms with Crippen LogP contribution in [0, 0.1) is 0 Å². The maximum absolute atomic E-state index is 12.2. The highest BCUT2D eigenvalue weighted by Gasteiger charge is 2.08. The van der Waals surface area contributed by atoms with Crippen LogP contribution in [0.25, 0.3) is 16.7 Å². The Morgan fingerprint density at radius 1 is 0.957 bits per heavy atom. The molecule has 0 fully saturated rings. The van der Waals surface area contributed by atoms with E-state index < -0.39 is 0 Å². The summed E-state index contributed by atoms with van der Waals surface area (Å²) in [5, 5.41) is 8.30. The van der Waals surface area contributed by atoms with Crippen molar-refractivity contribution in [2.75, 3.05) is 0 Å². The molecule has 112 valence electrons. The smallest absolute Gasteiger partial charge is 0.269 e. The minimum Gasteiger partial charge on any atom is -0.299 e. The van der Waals surface area contributed by atoms with Crippen LogP contribution in [0.15, 0.2) is 71.8 Å².